The van der Waals surface area contributed by atoms with Gasteiger partial charge in [0.15, 0.2) is 23.8 Å². The summed E-state index contributed by atoms with van der Waals surface area (Å²) >= 11 is 0. The molecule has 53 heavy (non-hydrogen) atoms. The molecule has 310 valence electrons. The molecule has 0 aliphatic heterocycles. The summed E-state index contributed by atoms with van der Waals surface area (Å²) in [6, 6.07) is -3.18. The van der Waals surface area contributed by atoms with Gasteiger partial charge in [0.25, 0.3) is 0 Å². The van der Waals surface area contributed by atoms with Gasteiger partial charge in [-0.3, -0.25) is 39.1 Å². The number of nitrogens with zero attached hydrogens (tertiary/aromatic N) is 5. The van der Waals surface area contributed by atoms with Crippen LogP contribution in [0.5, 0.6) is 0 Å². The first-order valence-corrected chi connectivity index (χ1v) is 16.5. The Hall–Kier alpha value is -5.20. The summed E-state index contributed by atoms with van der Waals surface area (Å²) in [5.41, 5.74) is 42.1. The summed E-state index contributed by atoms with van der Waals surface area (Å²) in [6.07, 6.45) is 4.25. The van der Waals surface area contributed by atoms with Gasteiger partial charge in [0.1, 0.15) is 24.2 Å². The van der Waals surface area contributed by atoms with E-state index in [4.69, 9.17) is 66.3 Å². The topological polar surface area (TPSA) is 446 Å². The van der Waals surface area contributed by atoms with Crippen molar-refractivity contribution in [2.75, 3.05) is 61.4 Å². The van der Waals surface area contributed by atoms with Gasteiger partial charge in [0.2, 0.25) is 0 Å². The summed E-state index contributed by atoms with van der Waals surface area (Å²) < 4.78 is 0. The van der Waals surface area contributed by atoms with Crippen molar-refractivity contribution in [3.63, 3.8) is 0 Å². The number of hydrogen-bond acceptors (Lipinski definition) is 12. The van der Waals surface area contributed by atoms with Crippen LogP contribution in [0.2, 0.25) is 0 Å². The highest BCUT2D eigenvalue weighted by Crippen LogP contribution is 1.96. The van der Waals surface area contributed by atoms with Gasteiger partial charge in [-0.2, -0.15) is 0 Å². The van der Waals surface area contributed by atoms with Crippen LogP contribution in [0.15, 0.2) is 20.0 Å². The van der Waals surface area contributed by atoms with E-state index in [9.17, 15) is 19.2 Å². The normalized spacial score (nSPS) is 13.3. The van der Waals surface area contributed by atoms with Gasteiger partial charge in [0.05, 0.1) is 0 Å². The molecule has 0 heterocycles. The summed E-state index contributed by atoms with van der Waals surface area (Å²) in [5.74, 6) is -2.42. The average Bonchev–Trinajstić information content (AvgIpc) is 3.10. The molecule has 0 spiro atoms. The first-order valence-electron chi connectivity index (χ1n) is 16.5. The number of rotatable bonds is 20. The number of aliphatic imine (C=N–C) groups is 4. The summed E-state index contributed by atoms with van der Waals surface area (Å²) in [4.78, 5) is 58.2. The van der Waals surface area contributed by atoms with Gasteiger partial charge in [-0.05, 0) is 51.4 Å². The Balaban J connectivity index is -0.000000303. The van der Waals surface area contributed by atoms with E-state index >= 15 is 0 Å². The van der Waals surface area contributed by atoms with Crippen LogP contribution in [-0.4, -0.2) is 159 Å². The minimum absolute atomic E-state index is 0.0129. The molecule has 0 bridgehead atoms. The number of aliphatic carboxylic acids is 4. The van der Waals surface area contributed by atoms with E-state index in [0.29, 0.717) is 95.4 Å². The fourth-order valence-corrected chi connectivity index (χ4v) is 3.08. The van der Waals surface area contributed by atoms with Gasteiger partial charge in [0, 0.05) is 61.4 Å². The van der Waals surface area contributed by atoms with Gasteiger partial charge in [-0.1, -0.05) is 0 Å². The van der Waals surface area contributed by atoms with Crippen molar-refractivity contribution in [1.29, 1.82) is 0 Å². The van der Waals surface area contributed by atoms with E-state index in [1.54, 1.807) is 40.1 Å². The highest BCUT2D eigenvalue weighted by molar-refractivity contribution is 5.79. The Labute approximate surface area is 311 Å². The molecule has 4 atom stereocenters. The highest BCUT2D eigenvalue weighted by Gasteiger charge is 2.12. The maximum absolute atomic E-state index is 10.4. The molecule has 24 heteroatoms. The van der Waals surface area contributed by atoms with E-state index < -0.39 is 48.0 Å². The van der Waals surface area contributed by atoms with Crippen molar-refractivity contribution >= 4 is 47.7 Å². The van der Waals surface area contributed by atoms with Crippen molar-refractivity contribution in [3.05, 3.63) is 0 Å². The lowest BCUT2D eigenvalue weighted by molar-refractivity contribution is -0.139. The maximum atomic E-state index is 10.4. The van der Waals surface area contributed by atoms with Crippen LogP contribution in [-0.2, 0) is 19.2 Å². The Kier molecular flexibility index (Phi) is 36.3. The molecule has 0 saturated carbocycles. The molecular formula is C29H66N16O8. The van der Waals surface area contributed by atoms with Crippen LogP contribution >= 0.6 is 0 Å². The Morgan fingerprint density at radius 2 is 0.962 bits per heavy atom. The SMILES string of the molecule is CN(C)C(N)=NCCCC(N)C(=O)O.CN=C(N)NCCCC(N)C(=O)O.CN=C(NC)NCCCC(N)C(=O)O.NC(N)=NCCCC(N)C(=O)O. The summed E-state index contributed by atoms with van der Waals surface area (Å²) in [7, 11) is 8.59. The lowest BCUT2D eigenvalue weighted by atomic mass is 10.2. The van der Waals surface area contributed by atoms with Crippen LogP contribution in [0, 0.1) is 0 Å². The maximum Gasteiger partial charge on any atom is 0.320 e. The van der Waals surface area contributed by atoms with Gasteiger partial charge in [-0.25, -0.2) is 0 Å². The second-order valence-corrected chi connectivity index (χ2v) is 11.1. The molecule has 0 saturated heterocycles. The standard InChI is InChI=1S/2C8H18N4O2.C7H16N4O2.C6H14N4O2/c1-12(2)8(10)11-5-3-4-6(9)7(13)14;1-10-8(11-2)12-5-3-4-6(9)7(13)14;1-10-7(9)11-4-2-3-5(8)6(12)13;7-4(5(11)12)2-1-3-10-6(8)9/h6H,3-5,9H2,1-2H3,(H2,10,11)(H,13,14);6H,3-5,9H2,1-2H3,(H,13,14)(H2,10,11,12);5H,2-4,8H2,1H3,(H,12,13)(H3,9,10,11);4H,1-3,7H2,(H,11,12)(H4,8,9,10). The van der Waals surface area contributed by atoms with E-state index in [-0.39, 0.29) is 5.96 Å². The minimum atomic E-state index is -1.00. The van der Waals surface area contributed by atoms with Crippen LogP contribution < -0.4 is 61.8 Å². The van der Waals surface area contributed by atoms with Crippen molar-refractivity contribution < 1.29 is 39.6 Å². The Bertz CT molecular complexity index is 1130. The van der Waals surface area contributed by atoms with E-state index in [1.807, 2.05) is 0 Å². The molecule has 0 aromatic heterocycles. The first kappa shape index (κ1) is 54.6. The number of carboxylic acid groups (broad SMARTS) is 4. The second kappa shape index (κ2) is 35.2. The van der Waals surface area contributed by atoms with Crippen molar-refractivity contribution in [2.24, 2.45) is 65.8 Å². The molecule has 0 radical (unpaired) electrons. The van der Waals surface area contributed by atoms with Crippen LogP contribution in [0.4, 0.5) is 0 Å². The number of nitrogens with two attached hydrogens (primary N) is 8. The molecule has 0 amide bonds. The van der Waals surface area contributed by atoms with E-state index in [1.165, 1.54) is 0 Å². The molecule has 0 aliphatic rings. The third-order valence-electron chi connectivity index (χ3n) is 6.33. The summed E-state index contributed by atoms with van der Waals surface area (Å²) in [6.45, 7) is 2.17. The van der Waals surface area contributed by atoms with Gasteiger partial charge in [-0.15, -0.1) is 0 Å². The molecule has 24 nitrogen and oxygen atoms in total. The molecule has 0 aliphatic carbocycles. The lowest BCUT2D eigenvalue weighted by Crippen LogP contribution is -2.36. The van der Waals surface area contributed by atoms with Gasteiger partial charge < -0.3 is 87.1 Å². The molecule has 0 fully saturated rings. The van der Waals surface area contributed by atoms with Crippen molar-refractivity contribution in [2.45, 2.75) is 75.5 Å². The number of carbonyl (C=O) groups is 4. The number of nitrogens with one attached hydrogen (secondary N) is 3. The fourth-order valence-electron chi connectivity index (χ4n) is 3.08. The highest BCUT2D eigenvalue weighted by atomic mass is 16.4. The molecular weight excluding hydrogens is 700 g/mol. The van der Waals surface area contributed by atoms with Crippen LogP contribution in [0.25, 0.3) is 0 Å². The van der Waals surface area contributed by atoms with E-state index in [0.717, 1.165) is 0 Å². The smallest absolute Gasteiger partial charge is 0.320 e. The minimum Gasteiger partial charge on any atom is -0.480 e. The zero-order chi connectivity index (χ0) is 41.9. The van der Waals surface area contributed by atoms with E-state index in [2.05, 4.69) is 35.9 Å². The average molecular weight is 767 g/mol. The monoisotopic (exact) mass is 767 g/mol. The molecule has 0 aromatic rings. The van der Waals surface area contributed by atoms with Crippen LogP contribution in [0.3, 0.4) is 0 Å². The molecule has 23 N–H and O–H groups in total. The largest absolute Gasteiger partial charge is 0.480 e. The quantitative estimate of drug-likeness (QED) is 0.0314. The van der Waals surface area contributed by atoms with Gasteiger partial charge >= 0.3 is 23.9 Å². The predicted octanol–water partition coefficient (Wildman–Crippen LogP) is -4.81. The summed E-state index contributed by atoms with van der Waals surface area (Å²) in [5, 5.41) is 42.5. The first-order chi connectivity index (χ1) is 24.7. The Morgan fingerprint density at radius 1 is 0.604 bits per heavy atom. The fraction of sp³-hybridized carbons (Fsp3) is 0.724. The number of carboxylic acids is 4. The zero-order valence-corrected chi connectivity index (χ0v) is 31.6. The second-order valence-electron chi connectivity index (χ2n) is 11.1. The third-order valence-corrected chi connectivity index (χ3v) is 6.33. The lowest BCUT2D eigenvalue weighted by Gasteiger charge is -2.10. The number of guanidine groups is 4. The third kappa shape index (κ3) is 39.4. The Morgan fingerprint density at radius 3 is 1.26 bits per heavy atom. The van der Waals surface area contributed by atoms with Crippen molar-refractivity contribution in [3.8, 4) is 0 Å². The number of hydrogen-bond donors (Lipinski definition) is 15. The predicted molar refractivity (Wildman–Crippen MR) is 206 cm³/mol. The van der Waals surface area contributed by atoms with Crippen LogP contribution in [0.1, 0.15) is 51.4 Å². The zero-order valence-electron chi connectivity index (χ0n) is 31.6. The molecule has 0 rings (SSSR count). The molecule has 0 aromatic carbocycles. The van der Waals surface area contributed by atoms with Crippen molar-refractivity contribution in [1.82, 2.24) is 20.9 Å². The molecule has 4 unspecified atom stereocenters.